The van der Waals surface area contributed by atoms with Crippen LogP contribution < -0.4 is 14.9 Å². The average molecular weight is 495 g/mol. The van der Waals surface area contributed by atoms with Crippen LogP contribution in [-0.2, 0) is 14.8 Å². The molecule has 0 atom stereocenters. The number of sulfonamides is 1. The maximum atomic E-state index is 12.5. The summed E-state index contributed by atoms with van der Waals surface area (Å²) in [5.41, 5.74) is 3.01. The van der Waals surface area contributed by atoms with Gasteiger partial charge in [-0.2, -0.15) is 10.1 Å². The van der Waals surface area contributed by atoms with Crippen LogP contribution in [0.3, 0.4) is 0 Å². The number of nitrogens with one attached hydrogen (secondary N) is 2. The minimum Gasteiger partial charge on any atom is -0.501 e. The summed E-state index contributed by atoms with van der Waals surface area (Å²) < 4.78 is 33.1. The maximum absolute atomic E-state index is 12.5. The average Bonchev–Trinajstić information content (AvgIpc) is 3.68. The van der Waals surface area contributed by atoms with Crippen LogP contribution in [0.15, 0.2) is 70.6 Å². The van der Waals surface area contributed by atoms with E-state index in [4.69, 9.17) is 9.72 Å². The van der Waals surface area contributed by atoms with Gasteiger partial charge >= 0.3 is 0 Å². The Morgan fingerprint density at radius 3 is 2.77 bits per heavy atom. The number of ether oxygens (including phenoxy) is 1. The lowest BCUT2D eigenvalue weighted by Crippen LogP contribution is -2.29. The number of rotatable bonds is 8. The molecule has 0 unspecified atom stereocenters. The number of hydrogen-bond acceptors (Lipinski definition) is 8. The summed E-state index contributed by atoms with van der Waals surface area (Å²) >= 11 is 0. The Bertz CT molecular complexity index is 1270. The summed E-state index contributed by atoms with van der Waals surface area (Å²) in [5, 5.41) is 11.4. The third kappa shape index (κ3) is 5.71. The Labute approximate surface area is 206 Å². The molecule has 2 heterocycles. The molecule has 1 saturated carbocycles. The second kappa shape index (κ2) is 10.2. The summed E-state index contributed by atoms with van der Waals surface area (Å²) in [6.07, 6.45) is 14.1. The number of anilines is 3. The van der Waals surface area contributed by atoms with E-state index in [1.54, 1.807) is 37.6 Å². The van der Waals surface area contributed by atoms with Crippen LogP contribution in [0.5, 0.6) is 0 Å². The monoisotopic (exact) mass is 494 g/mol. The van der Waals surface area contributed by atoms with Crippen LogP contribution in [-0.4, -0.2) is 43.8 Å². The summed E-state index contributed by atoms with van der Waals surface area (Å²) in [4.78, 5) is 7.09. The van der Waals surface area contributed by atoms with Crippen LogP contribution in [0.2, 0.25) is 0 Å². The van der Waals surface area contributed by atoms with Crippen molar-refractivity contribution in [1.82, 2.24) is 19.9 Å². The Balaban J connectivity index is 1.33. The van der Waals surface area contributed by atoms with Crippen LogP contribution in [0.4, 0.5) is 17.5 Å². The molecule has 0 bridgehead atoms. The summed E-state index contributed by atoms with van der Waals surface area (Å²) in [6, 6.07) is 6.57. The van der Waals surface area contributed by atoms with Gasteiger partial charge in [0.1, 0.15) is 0 Å². The first-order valence-electron chi connectivity index (χ1n) is 12.0. The van der Waals surface area contributed by atoms with E-state index in [0.29, 0.717) is 29.9 Å². The van der Waals surface area contributed by atoms with Gasteiger partial charge in [0.25, 0.3) is 0 Å². The number of allylic oxidation sites excluding steroid dienone is 5. The molecule has 1 aromatic heterocycles. The quantitative estimate of drug-likeness (QED) is 0.566. The number of hydrogen-bond donors (Lipinski definition) is 2. The molecule has 1 aromatic carbocycles. The zero-order chi connectivity index (χ0) is 24.3. The molecule has 0 saturated heterocycles. The number of benzene rings is 1. The van der Waals surface area contributed by atoms with E-state index < -0.39 is 10.0 Å². The predicted octanol–water partition coefficient (Wildman–Crippen LogP) is 4.04. The predicted molar refractivity (Wildman–Crippen MR) is 135 cm³/mol. The minimum absolute atomic E-state index is 0.240. The highest BCUT2D eigenvalue weighted by atomic mass is 32.2. The maximum Gasteiger partial charge on any atom is 0.249 e. The molecular weight excluding hydrogens is 464 g/mol. The van der Waals surface area contributed by atoms with Crippen LogP contribution >= 0.6 is 0 Å². The molecule has 0 spiro atoms. The first-order valence-corrected chi connectivity index (χ1v) is 13.5. The Morgan fingerprint density at radius 1 is 1.17 bits per heavy atom. The lowest BCUT2D eigenvalue weighted by atomic mass is 9.98. The van der Waals surface area contributed by atoms with E-state index >= 15 is 0 Å². The Morgan fingerprint density at radius 2 is 2.00 bits per heavy atom. The van der Waals surface area contributed by atoms with Gasteiger partial charge in [0.2, 0.25) is 16.0 Å². The van der Waals surface area contributed by atoms with Crippen LogP contribution in [0.1, 0.15) is 38.5 Å². The van der Waals surface area contributed by atoms with E-state index in [-0.39, 0.29) is 4.90 Å². The van der Waals surface area contributed by atoms with E-state index in [9.17, 15) is 8.42 Å². The van der Waals surface area contributed by atoms with E-state index in [1.165, 1.54) is 5.57 Å². The molecule has 9 nitrogen and oxygen atoms in total. The molecule has 2 aliphatic carbocycles. The number of methoxy groups -OCH3 is 1. The summed E-state index contributed by atoms with van der Waals surface area (Å²) in [5.74, 6) is 2.52. The van der Waals surface area contributed by atoms with Gasteiger partial charge in [-0.05, 0) is 80.0 Å². The van der Waals surface area contributed by atoms with Gasteiger partial charge in [-0.15, -0.1) is 5.10 Å². The fraction of sp³-hybridized carbons (Fsp3) is 0.400. The molecule has 10 heteroatoms. The van der Waals surface area contributed by atoms with Crippen molar-refractivity contribution in [3.05, 3.63) is 65.7 Å². The second-order valence-corrected chi connectivity index (χ2v) is 10.8. The SMILES string of the molecule is CO/C1=C/C2=C(C=CCC1)N(c1cnnc(Nc3ccc(S(=O)(=O)NCC4CC4)cc3)n1)CCC2. The molecule has 5 rings (SSSR count). The molecule has 0 amide bonds. The first kappa shape index (κ1) is 23.5. The van der Waals surface area contributed by atoms with Gasteiger partial charge in [-0.25, -0.2) is 13.1 Å². The summed E-state index contributed by atoms with van der Waals surface area (Å²) in [6.45, 7) is 1.33. The lowest BCUT2D eigenvalue weighted by Gasteiger charge is -2.31. The second-order valence-electron chi connectivity index (χ2n) is 9.00. The molecule has 3 aliphatic rings. The van der Waals surface area contributed by atoms with Crippen LogP contribution in [0.25, 0.3) is 0 Å². The molecule has 1 fully saturated rings. The van der Waals surface area contributed by atoms with Gasteiger partial charge < -0.3 is 15.0 Å². The number of nitrogens with zero attached hydrogens (tertiary/aromatic N) is 4. The first-order chi connectivity index (χ1) is 17.0. The molecule has 184 valence electrons. The van der Waals surface area contributed by atoms with Gasteiger partial charge in [-0.3, -0.25) is 0 Å². The van der Waals surface area contributed by atoms with Crippen molar-refractivity contribution in [2.45, 2.75) is 43.4 Å². The largest absolute Gasteiger partial charge is 0.501 e. The minimum atomic E-state index is -3.50. The highest BCUT2D eigenvalue weighted by Gasteiger charge is 2.24. The van der Waals surface area contributed by atoms with Crippen molar-refractivity contribution in [3.8, 4) is 0 Å². The summed E-state index contributed by atoms with van der Waals surface area (Å²) in [7, 11) is -1.78. The molecular formula is C25H30N6O3S. The van der Waals surface area contributed by atoms with Gasteiger partial charge in [-0.1, -0.05) is 6.08 Å². The molecule has 2 N–H and O–H groups in total. The smallest absolute Gasteiger partial charge is 0.249 e. The van der Waals surface area contributed by atoms with Gasteiger partial charge in [0.15, 0.2) is 5.82 Å². The van der Waals surface area contributed by atoms with E-state index in [0.717, 1.165) is 56.5 Å². The van der Waals surface area contributed by atoms with Gasteiger partial charge in [0.05, 0.1) is 24.0 Å². The van der Waals surface area contributed by atoms with Crippen molar-refractivity contribution >= 4 is 27.5 Å². The van der Waals surface area contributed by atoms with E-state index in [2.05, 4.69) is 43.4 Å². The zero-order valence-corrected chi connectivity index (χ0v) is 20.6. The van der Waals surface area contributed by atoms with Crippen molar-refractivity contribution < 1.29 is 13.2 Å². The van der Waals surface area contributed by atoms with Gasteiger partial charge in [0, 0.05) is 30.9 Å². The normalized spacial score (nSPS) is 19.9. The molecule has 2 aromatic rings. The number of aromatic nitrogens is 3. The van der Waals surface area contributed by atoms with Crippen molar-refractivity contribution in [1.29, 1.82) is 0 Å². The lowest BCUT2D eigenvalue weighted by molar-refractivity contribution is 0.277. The molecule has 0 radical (unpaired) electrons. The fourth-order valence-corrected chi connectivity index (χ4v) is 5.35. The molecule has 35 heavy (non-hydrogen) atoms. The van der Waals surface area contributed by atoms with Crippen molar-refractivity contribution in [3.63, 3.8) is 0 Å². The highest BCUT2D eigenvalue weighted by molar-refractivity contribution is 7.89. The Kier molecular flexibility index (Phi) is 6.83. The standard InChI is InChI=1S/C25H30N6O3S/c1-34-21-6-2-3-7-23-19(15-21)5-4-14-31(23)24-17-26-30-25(29-24)28-20-10-12-22(13-11-20)35(32,33)27-16-18-8-9-18/h3,7,10-13,15,17-18,27H,2,4-6,8-9,14,16H2,1H3,(H,28,29,30)/b7-3?,21-15+. The third-order valence-corrected chi connectivity index (χ3v) is 7.82. The third-order valence-electron chi connectivity index (χ3n) is 6.38. The highest BCUT2D eigenvalue weighted by Crippen LogP contribution is 2.31. The fourth-order valence-electron chi connectivity index (χ4n) is 4.24. The molecule has 1 aliphatic heterocycles. The Hall–Kier alpha value is -3.24. The zero-order valence-electron chi connectivity index (χ0n) is 19.8. The van der Waals surface area contributed by atoms with Crippen molar-refractivity contribution in [2.24, 2.45) is 5.92 Å². The van der Waals surface area contributed by atoms with Crippen LogP contribution in [0, 0.1) is 5.92 Å². The van der Waals surface area contributed by atoms with Crippen molar-refractivity contribution in [2.75, 3.05) is 30.4 Å². The van der Waals surface area contributed by atoms with E-state index in [1.807, 2.05) is 0 Å². The topological polar surface area (TPSA) is 109 Å².